The molecule has 0 aliphatic heterocycles. The largest absolute Gasteiger partial charge is 0.507 e. The van der Waals surface area contributed by atoms with E-state index < -0.39 is 4.92 Å². The number of rotatable bonds is 5. The van der Waals surface area contributed by atoms with Gasteiger partial charge in [-0.15, -0.1) is 0 Å². The van der Waals surface area contributed by atoms with E-state index in [1.54, 1.807) is 12.1 Å². The van der Waals surface area contributed by atoms with E-state index in [-0.39, 0.29) is 17.0 Å². The van der Waals surface area contributed by atoms with Crippen LogP contribution in [0.25, 0.3) is 22.9 Å². The lowest BCUT2D eigenvalue weighted by molar-refractivity contribution is -0.384. The van der Waals surface area contributed by atoms with Crippen molar-refractivity contribution in [3.8, 4) is 0 Å². The Bertz CT molecular complexity index is 1240. The number of hydrogen-bond acceptors (Lipinski definition) is 6. The molecule has 0 spiro atoms. The predicted octanol–water partition coefficient (Wildman–Crippen LogP) is 5.97. The molecule has 168 valence electrons. The molecular weight excluding hydrogens is 416 g/mol. The summed E-state index contributed by atoms with van der Waals surface area (Å²) in [6.07, 6.45) is 9.02. The molecule has 4 fully saturated rings. The van der Waals surface area contributed by atoms with Crippen LogP contribution in [0.3, 0.4) is 0 Å². The number of aliphatic hydroxyl groups is 1. The summed E-state index contributed by atoms with van der Waals surface area (Å²) in [6.45, 7) is 0. The van der Waals surface area contributed by atoms with Gasteiger partial charge in [0, 0.05) is 29.3 Å². The number of aliphatic hydroxyl groups excluding tert-OH is 1. The molecule has 1 aromatic heterocycles. The van der Waals surface area contributed by atoms with Crippen molar-refractivity contribution in [2.45, 2.75) is 44.1 Å². The molecular formula is C26H26N4O3. The maximum Gasteiger partial charge on any atom is 0.271 e. The molecule has 0 saturated heterocycles. The zero-order valence-electron chi connectivity index (χ0n) is 18.3. The van der Waals surface area contributed by atoms with E-state index in [1.807, 2.05) is 30.3 Å². The molecule has 1 heterocycles. The Morgan fingerprint density at radius 2 is 1.67 bits per heavy atom. The molecule has 4 aliphatic carbocycles. The second kappa shape index (κ2) is 7.54. The summed E-state index contributed by atoms with van der Waals surface area (Å²) in [4.78, 5) is 20.4. The van der Waals surface area contributed by atoms with Gasteiger partial charge in [0.1, 0.15) is 11.5 Å². The topological polar surface area (TPSA) is 101 Å². The van der Waals surface area contributed by atoms with E-state index in [9.17, 15) is 15.2 Å². The number of aromatic nitrogens is 2. The molecule has 0 amide bonds. The number of nitrogens with zero attached hydrogens (tertiary/aromatic N) is 3. The van der Waals surface area contributed by atoms with E-state index in [2.05, 4.69) is 5.32 Å². The minimum absolute atomic E-state index is 0.00650. The molecule has 0 atom stereocenters. The Kier molecular flexibility index (Phi) is 4.60. The third-order valence-electron chi connectivity index (χ3n) is 7.65. The lowest BCUT2D eigenvalue weighted by Crippen LogP contribution is -2.55. The first kappa shape index (κ1) is 20.1. The quantitative estimate of drug-likeness (QED) is 0.287. The summed E-state index contributed by atoms with van der Waals surface area (Å²) in [6, 6.07) is 13.9. The molecule has 7 heteroatoms. The van der Waals surface area contributed by atoms with E-state index in [4.69, 9.17) is 9.97 Å². The lowest BCUT2D eigenvalue weighted by Gasteiger charge is -2.57. The number of benzene rings is 2. The zero-order chi connectivity index (χ0) is 22.6. The number of nitrogens with one attached hydrogen (secondary N) is 1. The minimum atomic E-state index is -0.414. The third-order valence-corrected chi connectivity index (χ3v) is 7.65. The van der Waals surface area contributed by atoms with Crippen LogP contribution >= 0.6 is 0 Å². The van der Waals surface area contributed by atoms with Gasteiger partial charge in [-0.25, -0.2) is 9.97 Å². The molecule has 4 aliphatic rings. The molecule has 2 aromatic carbocycles. The van der Waals surface area contributed by atoms with Crippen LogP contribution in [0.2, 0.25) is 0 Å². The molecule has 4 saturated carbocycles. The zero-order valence-corrected chi connectivity index (χ0v) is 18.3. The van der Waals surface area contributed by atoms with E-state index in [1.165, 1.54) is 31.4 Å². The second-order valence-electron chi connectivity index (χ2n) is 10.1. The minimum Gasteiger partial charge on any atom is -0.507 e. The van der Waals surface area contributed by atoms with Crippen LogP contribution in [0.1, 0.15) is 49.8 Å². The van der Waals surface area contributed by atoms with Gasteiger partial charge < -0.3 is 10.4 Å². The van der Waals surface area contributed by atoms with Crippen LogP contribution in [0.5, 0.6) is 0 Å². The Morgan fingerprint density at radius 1 is 1.00 bits per heavy atom. The van der Waals surface area contributed by atoms with Crippen molar-refractivity contribution in [3.63, 3.8) is 0 Å². The van der Waals surface area contributed by atoms with Gasteiger partial charge in [0.25, 0.3) is 5.69 Å². The van der Waals surface area contributed by atoms with E-state index in [0.29, 0.717) is 28.1 Å². The number of hydrogen-bond donors (Lipinski definition) is 2. The predicted molar refractivity (Wildman–Crippen MR) is 128 cm³/mol. The Labute approximate surface area is 191 Å². The van der Waals surface area contributed by atoms with Gasteiger partial charge in [0.15, 0.2) is 5.82 Å². The number of fused-ring (bicyclic) bond motifs is 1. The fourth-order valence-corrected chi connectivity index (χ4v) is 6.70. The first-order valence-electron chi connectivity index (χ1n) is 11.7. The molecule has 3 aromatic rings. The number of non-ortho nitro benzene ring substituents is 1. The maximum absolute atomic E-state index is 11.3. The summed E-state index contributed by atoms with van der Waals surface area (Å²) in [7, 11) is 0. The molecule has 2 N–H and O–H groups in total. The van der Waals surface area contributed by atoms with Crippen LogP contribution in [0.15, 0.2) is 48.5 Å². The van der Waals surface area contributed by atoms with Crippen molar-refractivity contribution < 1.29 is 10.0 Å². The third kappa shape index (κ3) is 3.71. The Balaban J connectivity index is 1.45. The fraction of sp³-hybridized carbons (Fsp3) is 0.385. The van der Waals surface area contributed by atoms with Crippen LogP contribution in [-0.4, -0.2) is 25.5 Å². The second-order valence-corrected chi connectivity index (χ2v) is 10.1. The summed E-state index contributed by atoms with van der Waals surface area (Å²) < 4.78 is 0. The lowest BCUT2D eigenvalue weighted by atomic mass is 9.53. The van der Waals surface area contributed by atoms with Crippen molar-refractivity contribution in [3.05, 3.63) is 69.9 Å². The van der Waals surface area contributed by atoms with Gasteiger partial charge in [-0.05, 0) is 62.3 Å². The molecule has 0 radical (unpaired) electrons. The van der Waals surface area contributed by atoms with Gasteiger partial charge in [-0.2, -0.15) is 0 Å². The normalized spacial score (nSPS) is 28.2. The van der Waals surface area contributed by atoms with Crippen molar-refractivity contribution in [1.29, 1.82) is 0 Å². The summed E-state index contributed by atoms with van der Waals surface area (Å²) in [5, 5.41) is 25.8. The standard InChI is InChI=1S/C26H26N4O3/c31-24(19-4-2-1-3-5-19)12-23-25(28-22-11-20(30(32)33)6-7-21(22)27-23)29-26-13-16-8-17(14-26)10-18(9-16)15-26/h1-7,11-12,16-18,31H,8-10,13-15H2,(H,28,29). The Morgan fingerprint density at radius 3 is 2.30 bits per heavy atom. The highest BCUT2D eigenvalue weighted by Crippen LogP contribution is 2.56. The van der Waals surface area contributed by atoms with Crippen LogP contribution in [-0.2, 0) is 0 Å². The van der Waals surface area contributed by atoms with Crippen molar-refractivity contribution in [1.82, 2.24) is 9.97 Å². The Hall–Kier alpha value is -3.48. The first-order chi connectivity index (χ1) is 16.0. The summed E-state index contributed by atoms with van der Waals surface area (Å²) in [5.41, 5.74) is 2.27. The van der Waals surface area contributed by atoms with E-state index >= 15 is 0 Å². The highest BCUT2D eigenvalue weighted by molar-refractivity contribution is 5.85. The summed E-state index contributed by atoms with van der Waals surface area (Å²) >= 11 is 0. The smallest absolute Gasteiger partial charge is 0.271 e. The number of nitro benzene ring substituents is 1. The SMILES string of the molecule is O=[N+]([O-])c1ccc2nc(C=C(O)c3ccccc3)c(NC34CC5CC(CC(C5)C3)C4)nc2c1. The van der Waals surface area contributed by atoms with Crippen LogP contribution in [0, 0.1) is 27.9 Å². The van der Waals surface area contributed by atoms with E-state index in [0.717, 1.165) is 37.0 Å². The first-order valence-corrected chi connectivity index (χ1v) is 11.7. The number of anilines is 1. The molecule has 33 heavy (non-hydrogen) atoms. The van der Waals surface area contributed by atoms with Gasteiger partial charge in [-0.1, -0.05) is 30.3 Å². The maximum atomic E-state index is 11.3. The van der Waals surface area contributed by atoms with Gasteiger partial charge in [-0.3, -0.25) is 10.1 Å². The highest BCUT2D eigenvalue weighted by atomic mass is 16.6. The van der Waals surface area contributed by atoms with Crippen LogP contribution in [0.4, 0.5) is 11.5 Å². The molecule has 7 rings (SSSR count). The van der Waals surface area contributed by atoms with Gasteiger partial charge in [0.05, 0.1) is 16.0 Å². The molecule has 0 unspecified atom stereocenters. The highest BCUT2D eigenvalue weighted by Gasteiger charge is 2.51. The average Bonchev–Trinajstić information content (AvgIpc) is 2.78. The van der Waals surface area contributed by atoms with Gasteiger partial charge >= 0.3 is 0 Å². The summed E-state index contributed by atoms with van der Waals surface area (Å²) in [5.74, 6) is 2.98. The monoisotopic (exact) mass is 442 g/mol. The average molecular weight is 443 g/mol. The molecule has 4 bridgehead atoms. The fourth-order valence-electron chi connectivity index (χ4n) is 6.70. The molecule has 7 nitrogen and oxygen atoms in total. The van der Waals surface area contributed by atoms with Crippen molar-refractivity contribution >= 4 is 34.4 Å². The van der Waals surface area contributed by atoms with Gasteiger partial charge in [0.2, 0.25) is 0 Å². The van der Waals surface area contributed by atoms with Crippen molar-refractivity contribution in [2.24, 2.45) is 17.8 Å². The van der Waals surface area contributed by atoms with Crippen LogP contribution < -0.4 is 5.32 Å². The number of nitro groups is 1. The van der Waals surface area contributed by atoms with Crippen molar-refractivity contribution in [2.75, 3.05) is 5.32 Å².